The third-order valence-corrected chi connectivity index (χ3v) is 9.45. The van der Waals surface area contributed by atoms with Gasteiger partial charge in [-0.05, 0) is 84.4 Å². The number of benzene rings is 2. The molecule has 6 aromatic heterocycles. The van der Waals surface area contributed by atoms with E-state index < -0.39 is 0 Å². The zero-order valence-corrected chi connectivity index (χ0v) is 31.6. The number of fused-ring (bicyclic) bond motifs is 1. The molecule has 1 unspecified atom stereocenters. The van der Waals surface area contributed by atoms with Crippen LogP contribution in [0.2, 0.25) is 0 Å². The van der Waals surface area contributed by atoms with Crippen molar-refractivity contribution < 1.29 is 0 Å². The molecule has 0 amide bonds. The molecule has 9 rings (SSSR count). The van der Waals surface area contributed by atoms with E-state index >= 15 is 0 Å². The van der Waals surface area contributed by atoms with Crippen LogP contribution in [-0.2, 0) is 20.1 Å². The van der Waals surface area contributed by atoms with Crippen LogP contribution in [0.4, 0.5) is 11.9 Å². The molecule has 0 saturated heterocycles. The van der Waals surface area contributed by atoms with E-state index in [1.807, 2.05) is 66.9 Å². The number of nitriles is 2. The van der Waals surface area contributed by atoms with Gasteiger partial charge in [0.1, 0.15) is 0 Å². The Labute approximate surface area is 331 Å². The molecule has 58 heavy (non-hydrogen) atoms. The SMILES string of the molecule is CC(c1nnn(-c2cccc(C#N)c2)n1)N(C)c1nnc(-c2ccncc2)n1C.N#Cc1cccc(-n2nnc(CN3CCCn4c(-c5ccncc5)nnc43)n2)c1. The molecule has 7 heterocycles. The summed E-state index contributed by atoms with van der Waals surface area (Å²) in [6.07, 6.45) is 7.92. The van der Waals surface area contributed by atoms with Gasteiger partial charge < -0.3 is 9.80 Å². The summed E-state index contributed by atoms with van der Waals surface area (Å²) in [5.74, 6) is 4.15. The predicted molar refractivity (Wildman–Crippen MR) is 208 cm³/mol. The van der Waals surface area contributed by atoms with Crippen LogP contribution in [0.5, 0.6) is 0 Å². The molecule has 1 aliphatic heterocycles. The lowest BCUT2D eigenvalue weighted by Gasteiger charge is -2.27. The lowest BCUT2D eigenvalue weighted by molar-refractivity contribution is 0.551. The molecular formula is C38H34N20. The Morgan fingerprint density at radius 3 is 1.97 bits per heavy atom. The van der Waals surface area contributed by atoms with Crippen molar-refractivity contribution in [3.8, 4) is 46.3 Å². The average molecular weight is 771 g/mol. The van der Waals surface area contributed by atoms with Crippen molar-refractivity contribution in [1.29, 1.82) is 10.5 Å². The number of pyridine rings is 2. The van der Waals surface area contributed by atoms with Gasteiger partial charge in [0, 0.05) is 63.1 Å². The Kier molecular flexibility index (Phi) is 10.3. The minimum atomic E-state index is -0.198. The largest absolute Gasteiger partial charge is 0.334 e. The van der Waals surface area contributed by atoms with Gasteiger partial charge in [0.2, 0.25) is 11.9 Å². The first-order chi connectivity index (χ1) is 28.4. The Balaban J connectivity index is 0.000000162. The van der Waals surface area contributed by atoms with Crippen LogP contribution in [0, 0.1) is 22.7 Å². The van der Waals surface area contributed by atoms with Gasteiger partial charge in [0.25, 0.3) is 0 Å². The number of anilines is 2. The van der Waals surface area contributed by atoms with Crippen LogP contribution in [-0.4, -0.2) is 93.5 Å². The van der Waals surface area contributed by atoms with Crippen LogP contribution in [0.3, 0.4) is 0 Å². The highest BCUT2D eigenvalue weighted by atomic mass is 15.6. The van der Waals surface area contributed by atoms with E-state index in [4.69, 9.17) is 10.5 Å². The van der Waals surface area contributed by atoms with Crippen LogP contribution >= 0.6 is 0 Å². The standard InChI is InChI=1S/C19H16N10.C19H18N10/c20-12-14-3-1-4-16(11-14)29-25-17(22-26-29)13-27-9-2-10-28-18(23-24-19(27)28)15-5-7-21-8-6-15;1-13(17-22-26-29(25-17)16-6-4-5-14(11-16)12-20)27(2)19-24-23-18(28(19)3)15-7-9-21-10-8-15/h1,3-8,11H,2,9-10,13H2;4-11,13H,1-3H3. The van der Waals surface area contributed by atoms with Gasteiger partial charge in [-0.1, -0.05) is 12.1 Å². The molecule has 286 valence electrons. The second kappa shape index (κ2) is 16.2. The number of aromatic nitrogens is 16. The van der Waals surface area contributed by atoms with Gasteiger partial charge in [-0.25, -0.2) is 0 Å². The fraction of sp³-hybridized carbons (Fsp3) is 0.211. The van der Waals surface area contributed by atoms with E-state index in [-0.39, 0.29) is 6.04 Å². The van der Waals surface area contributed by atoms with Gasteiger partial charge >= 0.3 is 0 Å². The van der Waals surface area contributed by atoms with Crippen molar-refractivity contribution in [2.45, 2.75) is 32.5 Å². The van der Waals surface area contributed by atoms with E-state index in [0.717, 1.165) is 48.2 Å². The van der Waals surface area contributed by atoms with Gasteiger partial charge in [-0.3, -0.25) is 19.1 Å². The summed E-state index contributed by atoms with van der Waals surface area (Å²) in [6, 6.07) is 25.8. The predicted octanol–water partition coefficient (Wildman–Crippen LogP) is 3.52. The fourth-order valence-electron chi connectivity index (χ4n) is 6.33. The first-order valence-corrected chi connectivity index (χ1v) is 18.1. The summed E-state index contributed by atoms with van der Waals surface area (Å²) < 4.78 is 4.02. The van der Waals surface area contributed by atoms with E-state index in [2.05, 4.69) is 82.8 Å². The molecule has 0 bridgehead atoms. The minimum Gasteiger partial charge on any atom is -0.334 e. The molecule has 0 saturated carbocycles. The van der Waals surface area contributed by atoms with E-state index in [0.29, 0.717) is 46.6 Å². The van der Waals surface area contributed by atoms with Crippen molar-refractivity contribution in [2.24, 2.45) is 7.05 Å². The second-order valence-corrected chi connectivity index (χ2v) is 13.1. The number of tetrazole rings is 2. The summed E-state index contributed by atoms with van der Waals surface area (Å²) in [5.41, 5.74) is 4.38. The minimum absolute atomic E-state index is 0.198. The molecular weight excluding hydrogens is 737 g/mol. The summed E-state index contributed by atoms with van der Waals surface area (Å²) in [6.45, 7) is 4.14. The van der Waals surface area contributed by atoms with Crippen molar-refractivity contribution >= 4 is 11.9 Å². The highest BCUT2D eigenvalue weighted by Crippen LogP contribution is 2.28. The van der Waals surface area contributed by atoms with Crippen LogP contribution < -0.4 is 9.80 Å². The maximum atomic E-state index is 9.07. The number of hydrogen-bond acceptors (Lipinski definition) is 16. The second-order valence-electron chi connectivity index (χ2n) is 13.1. The third-order valence-electron chi connectivity index (χ3n) is 9.45. The van der Waals surface area contributed by atoms with Gasteiger partial charge in [-0.15, -0.1) is 50.4 Å². The van der Waals surface area contributed by atoms with Gasteiger partial charge in [-0.2, -0.15) is 10.5 Å². The maximum absolute atomic E-state index is 9.07. The summed E-state index contributed by atoms with van der Waals surface area (Å²) in [7, 11) is 3.81. The molecule has 20 heteroatoms. The Bertz CT molecular complexity index is 2740. The zero-order valence-electron chi connectivity index (χ0n) is 31.6. The molecule has 8 aromatic rings. The molecule has 20 nitrogen and oxygen atoms in total. The van der Waals surface area contributed by atoms with E-state index in [9.17, 15) is 0 Å². The Hall–Kier alpha value is -8.26. The molecule has 0 radical (unpaired) electrons. The maximum Gasteiger partial charge on any atom is 0.227 e. The highest BCUT2D eigenvalue weighted by Gasteiger charge is 2.25. The Morgan fingerprint density at radius 1 is 0.707 bits per heavy atom. The molecule has 1 aliphatic rings. The lowest BCUT2D eigenvalue weighted by atomic mass is 10.2. The average Bonchev–Trinajstić information content (AvgIpc) is 4.12. The molecule has 1 atom stereocenters. The number of hydrogen-bond donors (Lipinski definition) is 0. The fourth-order valence-corrected chi connectivity index (χ4v) is 6.33. The highest BCUT2D eigenvalue weighted by molar-refractivity contribution is 5.58. The van der Waals surface area contributed by atoms with Crippen LogP contribution in [0.25, 0.3) is 34.2 Å². The number of rotatable bonds is 9. The zero-order chi connectivity index (χ0) is 40.0. The van der Waals surface area contributed by atoms with Gasteiger partial charge in [0.15, 0.2) is 23.3 Å². The van der Waals surface area contributed by atoms with Crippen LogP contribution in [0.1, 0.15) is 42.2 Å². The summed E-state index contributed by atoms with van der Waals surface area (Å²) in [4.78, 5) is 15.0. The summed E-state index contributed by atoms with van der Waals surface area (Å²) >= 11 is 0. The quantitative estimate of drug-likeness (QED) is 0.204. The molecule has 0 fully saturated rings. The van der Waals surface area contributed by atoms with Crippen molar-refractivity contribution in [2.75, 3.05) is 23.4 Å². The number of nitrogens with zero attached hydrogens (tertiary/aromatic N) is 20. The molecule has 0 aliphatic carbocycles. The van der Waals surface area contributed by atoms with E-state index in [1.165, 1.54) is 9.59 Å². The molecule has 0 N–H and O–H groups in total. The monoisotopic (exact) mass is 770 g/mol. The smallest absolute Gasteiger partial charge is 0.227 e. The third kappa shape index (κ3) is 7.52. The first kappa shape index (κ1) is 36.7. The van der Waals surface area contributed by atoms with Crippen molar-refractivity contribution in [1.82, 2.24) is 79.9 Å². The van der Waals surface area contributed by atoms with Crippen LogP contribution in [0.15, 0.2) is 97.6 Å². The van der Waals surface area contributed by atoms with E-state index in [1.54, 1.807) is 61.2 Å². The molecule has 2 aromatic carbocycles. The molecule has 0 spiro atoms. The lowest BCUT2D eigenvalue weighted by Crippen LogP contribution is -2.32. The first-order valence-electron chi connectivity index (χ1n) is 18.1. The van der Waals surface area contributed by atoms with Gasteiger partial charge in [0.05, 0.1) is 47.2 Å². The normalized spacial score (nSPS) is 12.5. The Morgan fingerprint density at radius 2 is 1.31 bits per heavy atom. The summed E-state index contributed by atoms with van der Waals surface area (Å²) in [5, 5.41) is 61.1. The van der Waals surface area contributed by atoms with Crippen molar-refractivity contribution in [3.05, 3.63) is 120 Å². The topological polar surface area (TPSA) is 228 Å². The van der Waals surface area contributed by atoms with Crippen molar-refractivity contribution in [3.63, 3.8) is 0 Å².